The van der Waals surface area contributed by atoms with Crippen molar-refractivity contribution in [3.8, 4) is 0 Å². The van der Waals surface area contributed by atoms with Gasteiger partial charge < -0.3 is 19.9 Å². The highest BCUT2D eigenvalue weighted by Gasteiger charge is 2.11. The molecule has 2 unspecified atom stereocenters. The molecule has 1 heterocycles. The predicted molar refractivity (Wildman–Crippen MR) is 67.9 cm³/mol. The van der Waals surface area contributed by atoms with E-state index < -0.39 is 12.2 Å². The van der Waals surface area contributed by atoms with Gasteiger partial charge in [0, 0.05) is 13.1 Å². The quantitative estimate of drug-likeness (QED) is 0.726. The lowest BCUT2D eigenvalue weighted by Crippen LogP contribution is -2.26. The Hall–Kier alpha value is -1.62. The summed E-state index contributed by atoms with van der Waals surface area (Å²) < 4.78 is 5.08. The van der Waals surface area contributed by atoms with Gasteiger partial charge in [0.15, 0.2) is 0 Å². The Morgan fingerprint density at radius 1 is 0.944 bits per heavy atom. The second kappa shape index (κ2) is 6.35. The lowest BCUT2D eigenvalue weighted by Gasteiger charge is -2.14. The number of hydrogen-bond donors (Lipinski definition) is 3. The number of furan rings is 1. The molecule has 96 valence electrons. The summed E-state index contributed by atoms with van der Waals surface area (Å²) in [7, 11) is 0. The van der Waals surface area contributed by atoms with Crippen molar-refractivity contribution in [1.29, 1.82) is 0 Å². The molecule has 0 amide bonds. The molecule has 1 aromatic heterocycles. The molecule has 2 atom stereocenters. The standard InChI is InChI=1S/C14H17NO3/c16-12(11-5-2-1-3-6-11)9-15-10-13(17)14-7-4-8-18-14/h1-8,12-13,15-17H,9-10H2. The van der Waals surface area contributed by atoms with Crippen molar-refractivity contribution in [3.63, 3.8) is 0 Å². The van der Waals surface area contributed by atoms with Gasteiger partial charge >= 0.3 is 0 Å². The summed E-state index contributed by atoms with van der Waals surface area (Å²) in [5.74, 6) is 0.525. The highest BCUT2D eigenvalue weighted by molar-refractivity contribution is 5.17. The number of aliphatic hydroxyl groups is 2. The molecule has 0 saturated heterocycles. The van der Waals surface area contributed by atoms with E-state index in [4.69, 9.17) is 4.42 Å². The third kappa shape index (κ3) is 3.43. The van der Waals surface area contributed by atoms with E-state index >= 15 is 0 Å². The Morgan fingerprint density at radius 3 is 2.33 bits per heavy atom. The average molecular weight is 247 g/mol. The van der Waals surface area contributed by atoms with Gasteiger partial charge in [-0.15, -0.1) is 0 Å². The van der Waals surface area contributed by atoms with Gasteiger partial charge in [-0.05, 0) is 17.7 Å². The first-order valence-corrected chi connectivity index (χ1v) is 5.92. The first-order chi connectivity index (χ1) is 8.77. The minimum absolute atomic E-state index is 0.345. The van der Waals surface area contributed by atoms with Crippen LogP contribution in [0.3, 0.4) is 0 Å². The fraction of sp³-hybridized carbons (Fsp3) is 0.286. The van der Waals surface area contributed by atoms with Gasteiger partial charge in [-0.25, -0.2) is 0 Å². The molecule has 0 fully saturated rings. The molecule has 0 aliphatic carbocycles. The number of nitrogens with one attached hydrogen (secondary N) is 1. The van der Waals surface area contributed by atoms with Crippen LogP contribution in [-0.4, -0.2) is 23.3 Å². The Balaban J connectivity index is 1.76. The summed E-state index contributed by atoms with van der Waals surface area (Å²) in [6.07, 6.45) is 0.259. The fourth-order valence-electron chi connectivity index (χ4n) is 1.73. The number of aliphatic hydroxyl groups excluding tert-OH is 2. The molecule has 0 spiro atoms. The maximum absolute atomic E-state index is 9.90. The second-order valence-electron chi connectivity index (χ2n) is 4.12. The second-order valence-corrected chi connectivity index (χ2v) is 4.12. The Kier molecular flexibility index (Phi) is 4.52. The fourth-order valence-corrected chi connectivity index (χ4v) is 1.73. The lowest BCUT2D eigenvalue weighted by molar-refractivity contribution is 0.131. The van der Waals surface area contributed by atoms with Crippen molar-refractivity contribution in [1.82, 2.24) is 5.32 Å². The molecule has 4 nitrogen and oxygen atoms in total. The highest BCUT2D eigenvalue weighted by atomic mass is 16.4. The zero-order valence-electron chi connectivity index (χ0n) is 9.99. The van der Waals surface area contributed by atoms with Crippen LogP contribution in [0.1, 0.15) is 23.5 Å². The first-order valence-electron chi connectivity index (χ1n) is 5.92. The van der Waals surface area contributed by atoms with Gasteiger partial charge in [0.1, 0.15) is 11.9 Å². The summed E-state index contributed by atoms with van der Waals surface area (Å²) in [5, 5.41) is 22.7. The third-order valence-corrected chi connectivity index (χ3v) is 2.73. The molecule has 1 aromatic carbocycles. The van der Waals surface area contributed by atoms with Crippen molar-refractivity contribution in [2.24, 2.45) is 0 Å². The van der Waals surface area contributed by atoms with Gasteiger partial charge in [-0.2, -0.15) is 0 Å². The number of benzene rings is 1. The molecule has 18 heavy (non-hydrogen) atoms. The van der Waals surface area contributed by atoms with E-state index in [9.17, 15) is 10.2 Å². The van der Waals surface area contributed by atoms with Crippen LogP contribution in [0.2, 0.25) is 0 Å². The van der Waals surface area contributed by atoms with Gasteiger partial charge in [0.05, 0.1) is 12.4 Å². The summed E-state index contributed by atoms with van der Waals surface area (Å²) in [5.41, 5.74) is 0.859. The molecular formula is C14H17NO3. The Morgan fingerprint density at radius 2 is 1.67 bits per heavy atom. The maximum Gasteiger partial charge on any atom is 0.133 e. The normalized spacial score (nSPS) is 14.3. The molecule has 4 heteroatoms. The Labute approximate surface area is 106 Å². The minimum Gasteiger partial charge on any atom is -0.467 e. The van der Waals surface area contributed by atoms with Crippen molar-refractivity contribution in [3.05, 3.63) is 60.1 Å². The third-order valence-electron chi connectivity index (χ3n) is 2.73. The van der Waals surface area contributed by atoms with Crippen molar-refractivity contribution < 1.29 is 14.6 Å². The average Bonchev–Trinajstić information content (AvgIpc) is 2.93. The van der Waals surface area contributed by atoms with Gasteiger partial charge in [-0.1, -0.05) is 30.3 Å². The van der Waals surface area contributed by atoms with Crippen LogP contribution >= 0.6 is 0 Å². The van der Waals surface area contributed by atoms with Crippen LogP contribution in [-0.2, 0) is 0 Å². The molecule has 3 N–H and O–H groups in total. The molecule has 0 radical (unpaired) electrons. The Bertz CT molecular complexity index is 441. The van der Waals surface area contributed by atoms with E-state index in [1.165, 1.54) is 6.26 Å². The van der Waals surface area contributed by atoms with Gasteiger partial charge in [-0.3, -0.25) is 0 Å². The van der Waals surface area contributed by atoms with E-state index in [-0.39, 0.29) is 0 Å². The molecule has 0 aliphatic rings. The smallest absolute Gasteiger partial charge is 0.133 e. The number of hydrogen-bond acceptors (Lipinski definition) is 4. The van der Waals surface area contributed by atoms with Crippen LogP contribution < -0.4 is 5.32 Å². The molecule has 0 saturated carbocycles. The molecular weight excluding hydrogens is 230 g/mol. The zero-order valence-corrected chi connectivity index (χ0v) is 9.99. The molecule has 2 aromatic rings. The van der Waals surface area contributed by atoms with Crippen LogP contribution in [0.15, 0.2) is 53.1 Å². The van der Waals surface area contributed by atoms with Crippen molar-refractivity contribution >= 4 is 0 Å². The van der Waals surface area contributed by atoms with Gasteiger partial charge in [0.2, 0.25) is 0 Å². The molecule has 2 rings (SSSR count). The summed E-state index contributed by atoms with van der Waals surface area (Å²) >= 11 is 0. The summed E-state index contributed by atoms with van der Waals surface area (Å²) in [6.45, 7) is 0.735. The van der Waals surface area contributed by atoms with Crippen LogP contribution in [0, 0.1) is 0 Å². The molecule has 0 aliphatic heterocycles. The zero-order chi connectivity index (χ0) is 12.8. The van der Waals surface area contributed by atoms with E-state index in [2.05, 4.69) is 5.32 Å². The van der Waals surface area contributed by atoms with Crippen LogP contribution in [0.4, 0.5) is 0 Å². The molecule has 0 bridgehead atoms. The SMILES string of the molecule is OC(CNCC(O)c1ccco1)c1ccccc1. The van der Waals surface area contributed by atoms with Crippen LogP contribution in [0.25, 0.3) is 0 Å². The van der Waals surface area contributed by atoms with Gasteiger partial charge in [0.25, 0.3) is 0 Å². The lowest BCUT2D eigenvalue weighted by atomic mass is 10.1. The van der Waals surface area contributed by atoms with E-state index in [1.54, 1.807) is 12.1 Å². The predicted octanol–water partition coefficient (Wildman–Crippen LogP) is 1.64. The topological polar surface area (TPSA) is 65.6 Å². The summed E-state index contributed by atoms with van der Waals surface area (Å²) in [4.78, 5) is 0. The first kappa shape index (κ1) is 12.8. The minimum atomic E-state index is -0.692. The highest BCUT2D eigenvalue weighted by Crippen LogP contribution is 2.13. The van der Waals surface area contributed by atoms with Crippen molar-refractivity contribution in [2.45, 2.75) is 12.2 Å². The number of rotatable bonds is 6. The monoisotopic (exact) mass is 247 g/mol. The van der Waals surface area contributed by atoms with Crippen LogP contribution in [0.5, 0.6) is 0 Å². The summed E-state index contributed by atoms with van der Waals surface area (Å²) in [6, 6.07) is 12.9. The van der Waals surface area contributed by atoms with E-state index in [0.717, 1.165) is 5.56 Å². The van der Waals surface area contributed by atoms with E-state index in [0.29, 0.717) is 18.8 Å². The largest absolute Gasteiger partial charge is 0.467 e. The maximum atomic E-state index is 9.90. The van der Waals surface area contributed by atoms with Crippen molar-refractivity contribution in [2.75, 3.05) is 13.1 Å². The van der Waals surface area contributed by atoms with E-state index in [1.807, 2.05) is 30.3 Å².